The summed E-state index contributed by atoms with van der Waals surface area (Å²) < 4.78 is 5.55. The minimum atomic E-state index is -0.758. The molecule has 152 valence electrons. The van der Waals surface area contributed by atoms with Crippen LogP contribution in [0.5, 0.6) is 5.75 Å². The first-order valence-corrected chi connectivity index (χ1v) is 9.52. The second kappa shape index (κ2) is 11.0. The van der Waals surface area contributed by atoms with Crippen LogP contribution in [0.4, 0.5) is 0 Å². The van der Waals surface area contributed by atoms with Gasteiger partial charge < -0.3 is 10.1 Å². The lowest BCUT2D eigenvalue weighted by molar-refractivity contribution is -0.123. The van der Waals surface area contributed by atoms with Gasteiger partial charge >= 0.3 is 0 Å². The number of nitrogens with zero attached hydrogens (tertiary/aromatic N) is 1. The molecule has 1 atom stereocenters. The molecule has 7 heteroatoms. The minimum Gasteiger partial charge on any atom is -0.489 e. The summed E-state index contributed by atoms with van der Waals surface area (Å²) in [4.78, 5) is 25.0. The fourth-order valence-corrected chi connectivity index (χ4v) is 2.68. The van der Waals surface area contributed by atoms with E-state index in [-0.39, 0.29) is 11.8 Å². The lowest BCUT2D eigenvalue weighted by Gasteiger charge is -2.20. The van der Waals surface area contributed by atoms with E-state index in [9.17, 15) is 9.59 Å². The Morgan fingerprint density at radius 2 is 1.97 bits per heavy atom. The van der Waals surface area contributed by atoms with Gasteiger partial charge in [0.25, 0.3) is 11.8 Å². The van der Waals surface area contributed by atoms with Crippen LogP contribution in [0.3, 0.4) is 0 Å². The summed E-state index contributed by atoms with van der Waals surface area (Å²) in [5.41, 5.74) is 3.57. The Kier molecular flexibility index (Phi) is 8.43. The molecule has 0 heterocycles. The van der Waals surface area contributed by atoms with Crippen molar-refractivity contribution in [2.45, 2.75) is 19.9 Å². The third-order valence-electron chi connectivity index (χ3n) is 3.98. The van der Waals surface area contributed by atoms with Crippen LogP contribution in [-0.2, 0) is 4.79 Å². The summed E-state index contributed by atoms with van der Waals surface area (Å²) in [5, 5.41) is 7.18. The van der Waals surface area contributed by atoms with Crippen molar-refractivity contribution >= 4 is 29.6 Å². The highest BCUT2D eigenvalue weighted by molar-refractivity contribution is 6.31. The molecule has 0 saturated carbocycles. The number of carbonyl (C=O) groups is 2. The molecule has 0 aliphatic carbocycles. The summed E-state index contributed by atoms with van der Waals surface area (Å²) in [7, 11) is 0. The van der Waals surface area contributed by atoms with Gasteiger partial charge in [-0.1, -0.05) is 56.3 Å². The summed E-state index contributed by atoms with van der Waals surface area (Å²) in [5.74, 6) is -0.318. The van der Waals surface area contributed by atoms with E-state index in [2.05, 4.69) is 22.4 Å². The Hall–Kier alpha value is -3.12. The molecule has 0 spiro atoms. The number of hydrogen-bond donors (Lipinski definition) is 2. The van der Waals surface area contributed by atoms with E-state index in [1.807, 2.05) is 32.0 Å². The highest BCUT2D eigenvalue weighted by Crippen LogP contribution is 2.16. The van der Waals surface area contributed by atoms with Gasteiger partial charge in [-0.3, -0.25) is 9.59 Å². The molecule has 0 saturated heterocycles. The molecule has 0 aromatic heterocycles. The number of nitrogens with one attached hydrogen (secondary N) is 2. The molecular weight excluding hydrogens is 390 g/mol. The predicted molar refractivity (Wildman–Crippen MR) is 115 cm³/mol. The number of halogens is 1. The van der Waals surface area contributed by atoms with E-state index < -0.39 is 11.9 Å². The lowest BCUT2D eigenvalue weighted by atomic mass is 10.0. The normalized spacial score (nSPS) is 11.9. The molecule has 2 aromatic carbocycles. The smallest absolute Gasteiger partial charge is 0.262 e. The Labute approximate surface area is 175 Å². The molecule has 2 N–H and O–H groups in total. The van der Waals surface area contributed by atoms with Crippen LogP contribution >= 0.6 is 11.6 Å². The quantitative estimate of drug-likeness (QED) is 0.372. The van der Waals surface area contributed by atoms with Crippen LogP contribution in [-0.4, -0.2) is 30.7 Å². The van der Waals surface area contributed by atoms with Crippen molar-refractivity contribution < 1.29 is 14.3 Å². The topological polar surface area (TPSA) is 79.8 Å². The van der Waals surface area contributed by atoms with E-state index in [0.717, 1.165) is 0 Å². The maximum atomic E-state index is 12.6. The predicted octanol–water partition coefficient (Wildman–Crippen LogP) is 3.81. The van der Waals surface area contributed by atoms with Crippen molar-refractivity contribution in [1.29, 1.82) is 0 Å². The Morgan fingerprint density at radius 1 is 1.21 bits per heavy atom. The monoisotopic (exact) mass is 413 g/mol. The summed E-state index contributed by atoms with van der Waals surface area (Å²) in [6.45, 7) is 7.66. The number of ether oxygens (including phenoxy) is 1. The van der Waals surface area contributed by atoms with Gasteiger partial charge in [0.15, 0.2) is 0 Å². The third-order valence-corrected chi connectivity index (χ3v) is 4.21. The summed E-state index contributed by atoms with van der Waals surface area (Å²) in [6, 6.07) is 13.1. The lowest BCUT2D eigenvalue weighted by Crippen LogP contribution is -2.48. The van der Waals surface area contributed by atoms with Crippen molar-refractivity contribution in [2.75, 3.05) is 6.61 Å². The van der Waals surface area contributed by atoms with Crippen molar-refractivity contribution in [1.82, 2.24) is 10.7 Å². The maximum absolute atomic E-state index is 12.6. The van der Waals surface area contributed by atoms with E-state index in [0.29, 0.717) is 28.5 Å². The highest BCUT2D eigenvalue weighted by atomic mass is 35.5. The standard InChI is InChI=1S/C22H24ClN3O3/c1-4-12-29-19-11-6-5-8-17(19)14-24-26-22(28)20(15(2)3)25-21(27)16-9-7-10-18(23)13-16/h4-11,13-15,20H,1,12H2,2-3H3,(H,25,27)(H,26,28)/b24-14+. The fourth-order valence-electron chi connectivity index (χ4n) is 2.49. The second-order valence-corrected chi connectivity index (χ2v) is 7.01. The van der Waals surface area contributed by atoms with Crippen LogP contribution in [0.1, 0.15) is 29.8 Å². The maximum Gasteiger partial charge on any atom is 0.262 e. The number of para-hydroxylation sites is 1. The average Bonchev–Trinajstić information content (AvgIpc) is 2.70. The molecule has 1 unspecified atom stereocenters. The van der Waals surface area contributed by atoms with Crippen molar-refractivity contribution in [3.8, 4) is 5.75 Å². The van der Waals surface area contributed by atoms with Gasteiger partial charge in [-0.15, -0.1) is 0 Å². The van der Waals surface area contributed by atoms with Crippen LogP contribution in [0, 0.1) is 5.92 Å². The number of hydrazone groups is 1. The third kappa shape index (κ3) is 6.76. The molecule has 2 aromatic rings. The Morgan fingerprint density at radius 3 is 2.66 bits per heavy atom. The molecule has 0 bridgehead atoms. The molecule has 6 nitrogen and oxygen atoms in total. The molecule has 0 fully saturated rings. The number of carbonyl (C=O) groups excluding carboxylic acids is 2. The Balaban J connectivity index is 2.04. The zero-order valence-corrected chi connectivity index (χ0v) is 17.1. The second-order valence-electron chi connectivity index (χ2n) is 6.58. The fraction of sp³-hybridized carbons (Fsp3) is 0.227. The molecular formula is C22H24ClN3O3. The van der Waals surface area contributed by atoms with E-state index in [1.54, 1.807) is 36.4 Å². The molecule has 2 rings (SSSR count). The van der Waals surface area contributed by atoms with Crippen molar-refractivity contribution in [3.05, 3.63) is 77.3 Å². The largest absolute Gasteiger partial charge is 0.489 e. The number of benzene rings is 2. The SMILES string of the molecule is C=CCOc1ccccc1/C=N/NC(=O)C(NC(=O)c1cccc(Cl)c1)C(C)C. The van der Waals surface area contributed by atoms with Gasteiger partial charge in [-0.25, -0.2) is 5.43 Å². The Bertz CT molecular complexity index is 896. The zero-order chi connectivity index (χ0) is 21.2. The van der Waals surface area contributed by atoms with Crippen LogP contribution in [0.15, 0.2) is 66.3 Å². The number of hydrogen-bond acceptors (Lipinski definition) is 4. The highest BCUT2D eigenvalue weighted by Gasteiger charge is 2.24. The van der Waals surface area contributed by atoms with Crippen molar-refractivity contribution in [2.24, 2.45) is 11.0 Å². The molecule has 29 heavy (non-hydrogen) atoms. The first-order valence-electron chi connectivity index (χ1n) is 9.14. The van der Waals surface area contributed by atoms with Gasteiger partial charge in [-0.2, -0.15) is 5.10 Å². The van der Waals surface area contributed by atoms with Crippen LogP contribution < -0.4 is 15.5 Å². The van der Waals surface area contributed by atoms with Gasteiger partial charge in [0.05, 0.1) is 6.21 Å². The van der Waals surface area contributed by atoms with Gasteiger partial charge in [0, 0.05) is 16.1 Å². The molecule has 0 aliphatic heterocycles. The molecule has 0 aliphatic rings. The average molecular weight is 414 g/mol. The van der Waals surface area contributed by atoms with Crippen LogP contribution in [0.25, 0.3) is 0 Å². The van der Waals surface area contributed by atoms with E-state index in [4.69, 9.17) is 16.3 Å². The number of rotatable bonds is 9. The molecule has 0 radical (unpaired) electrons. The van der Waals surface area contributed by atoms with E-state index >= 15 is 0 Å². The first kappa shape index (κ1) is 22.2. The summed E-state index contributed by atoms with van der Waals surface area (Å²) >= 11 is 5.93. The van der Waals surface area contributed by atoms with Crippen LogP contribution in [0.2, 0.25) is 5.02 Å². The minimum absolute atomic E-state index is 0.142. The number of amides is 2. The van der Waals surface area contributed by atoms with Gasteiger partial charge in [-0.05, 0) is 36.2 Å². The zero-order valence-electron chi connectivity index (χ0n) is 16.4. The first-order chi connectivity index (χ1) is 13.9. The van der Waals surface area contributed by atoms with Crippen molar-refractivity contribution in [3.63, 3.8) is 0 Å². The molecule has 2 amide bonds. The summed E-state index contributed by atoms with van der Waals surface area (Å²) in [6.07, 6.45) is 3.14. The van der Waals surface area contributed by atoms with Gasteiger partial charge in [0.1, 0.15) is 18.4 Å². The van der Waals surface area contributed by atoms with Gasteiger partial charge in [0.2, 0.25) is 0 Å². The van der Waals surface area contributed by atoms with E-state index in [1.165, 1.54) is 6.21 Å².